The van der Waals surface area contributed by atoms with Crippen LogP contribution in [0.3, 0.4) is 0 Å². The van der Waals surface area contributed by atoms with Gasteiger partial charge in [-0.2, -0.15) is 0 Å². The van der Waals surface area contributed by atoms with Gasteiger partial charge < -0.3 is 10.2 Å². The van der Waals surface area contributed by atoms with Crippen LogP contribution in [-0.2, 0) is 16.1 Å². The van der Waals surface area contributed by atoms with Crippen LogP contribution in [0.4, 0.5) is 0 Å². The Balaban J connectivity index is 3.06. The molecule has 0 aliphatic heterocycles. The predicted octanol–water partition coefficient (Wildman–Crippen LogP) is 4.04. The lowest BCUT2D eigenvalue weighted by Gasteiger charge is -2.30. The van der Waals surface area contributed by atoms with E-state index in [0.29, 0.717) is 28.5 Å². The van der Waals surface area contributed by atoms with Gasteiger partial charge in [-0.15, -0.1) is 0 Å². The van der Waals surface area contributed by atoms with Crippen molar-refractivity contribution in [3.8, 4) is 0 Å². The van der Waals surface area contributed by atoms with Gasteiger partial charge in [0, 0.05) is 34.6 Å². The van der Waals surface area contributed by atoms with E-state index in [1.165, 1.54) is 4.90 Å². The summed E-state index contributed by atoms with van der Waals surface area (Å²) in [5.41, 5.74) is 0.657. The molecule has 1 atom stereocenters. The van der Waals surface area contributed by atoms with E-state index in [2.05, 4.69) is 5.32 Å². The highest BCUT2D eigenvalue weighted by Gasteiger charge is 2.27. The predicted molar refractivity (Wildman–Crippen MR) is 94.7 cm³/mol. The Bertz CT molecular complexity index is 541. The Kier molecular flexibility index (Phi) is 7.86. The summed E-state index contributed by atoms with van der Waals surface area (Å²) < 4.78 is 0. The average molecular weight is 359 g/mol. The lowest BCUT2D eigenvalue weighted by molar-refractivity contribution is -0.140. The maximum Gasteiger partial charge on any atom is 0.242 e. The van der Waals surface area contributed by atoms with Crippen LogP contribution in [0, 0.1) is 0 Å². The van der Waals surface area contributed by atoms with Gasteiger partial charge in [0.15, 0.2) is 0 Å². The van der Waals surface area contributed by atoms with Crippen LogP contribution in [0.25, 0.3) is 0 Å². The first-order valence-corrected chi connectivity index (χ1v) is 8.56. The van der Waals surface area contributed by atoms with Gasteiger partial charge in [0.25, 0.3) is 0 Å². The van der Waals surface area contributed by atoms with Gasteiger partial charge >= 0.3 is 0 Å². The number of carbonyl (C=O) groups excluding carboxylic acids is 2. The molecule has 0 fully saturated rings. The molecule has 2 amide bonds. The Morgan fingerprint density at radius 3 is 2.22 bits per heavy atom. The van der Waals surface area contributed by atoms with Gasteiger partial charge in [-0.05, 0) is 39.3 Å². The van der Waals surface area contributed by atoms with E-state index in [0.717, 1.165) is 0 Å². The Hall–Kier alpha value is -1.26. The molecule has 0 spiro atoms. The largest absolute Gasteiger partial charge is 0.352 e. The second-order valence-electron chi connectivity index (χ2n) is 5.81. The first kappa shape index (κ1) is 19.8. The van der Waals surface area contributed by atoms with Gasteiger partial charge in [-0.1, -0.05) is 36.2 Å². The first-order chi connectivity index (χ1) is 10.8. The van der Waals surface area contributed by atoms with Gasteiger partial charge in [0.05, 0.1) is 0 Å². The molecule has 4 nitrogen and oxygen atoms in total. The third-order valence-corrected chi connectivity index (χ3v) is 4.16. The maximum atomic E-state index is 12.5. The SMILES string of the molecule is CCCC(=O)N(Cc1c(Cl)cccc1Cl)C(C)C(=O)NC(C)C. The van der Waals surface area contributed by atoms with Crippen molar-refractivity contribution in [1.29, 1.82) is 0 Å². The second kappa shape index (κ2) is 9.14. The molecular weight excluding hydrogens is 335 g/mol. The van der Waals surface area contributed by atoms with E-state index in [1.807, 2.05) is 20.8 Å². The molecule has 0 aliphatic rings. The number of nitrogens with one attached hydrogen (secondary N) is 1. The summed E-state index contributed by atoms with van der Waals surface area (Å²) in [4.78, 5) is 26.3. The molecule has 1 unspecified atom stereocenters. The van der Waals surface area contributed by atoms with Crippen LogP contribution in [0.15, 0.2) is 18.2 Å². The molecule has 0 heterocycles. The van der Waals surface area contributed by atoms with Crippen LogP contribution in [0.5, 0.6) is 0 Å². The zero-order valence-electron chi connectivity index (χ0n) is 14.0. The van der Waals surface area contributed by atoms with Crippen LogP contribution >= 0.6 is 23.2 Å². The second-order valence-corrected chi connectivity index (χ2v) is 6.63. The highest BCUT2D eigenvalue weighted by Crippen LogP contribution is 2.26. The third kappa shape index (κ3) is 5.70. The zero-order chi connectivity index (χ0) is 17.6. The van der Waals surface area contributed by atoms with E-state index in [-0.39, 0.29) is 24.4 Å². The molecule has 0 saturated heterocycles. The van der Waals surface area contributed by atoms with Crippen molar-refractivity contribution in [3.05, 3.63) is 33.8 Å². The Labute approximate surface area is 148 Å². The minimum Gasteiger partial charge on any atom is -0.352 e. The van der Waals surface area contributed by atoms with Gasteiger partial charge in [0.2, 0.25) is 11.8 Å². The summed E-state index contributed by atoms with van der Waals surface area (Å²) in [6, 6.07) is 4.62. The number of hydrogen-bond acceptors (Lipinski definition) is 2. The molecule has 1 aromatic rings. The molecule has 0 aromatic heterocycles. The summed E-state index contributed by atoms with van der Waals surface area (Å²) >= 11 is 12.4. The van der Waals surface area contributed by atoms with Crippen LogP contribution in [0.1, 0.15) is 46.1 Å². The van der Waals surface area contributed by atoms with Crippen molar-refractivity contribution in [3.63, 3.8) is 0 Å². The van der Waals surface area contributed by atoms with Gasteiger partial charge in [-0.25, -0.2) is 0 Å². The van der Waals surface area contributed by atoms with Gasteiger partial charge in [-0.3, -0.25) is 9.59 Å². The van der Waals surface area contributed by atoms with E-state index in [1.54, 1.807) is 25.1 Å². The molecule has 0 saturated carbocycles. The maximum absolute atomic E-state index is 12.5. The van der Waals surface area contributed by atoms with E-state index >= 15 is 0 Å². The normalized spacial score (nSPS) is 12.1. The summed E-state index contributed by atoms with van der Waals surface area (Å²) in [5.74, 6) is -0.275. The topological polar surface area (TPSA) is 49.4 Å². The number of amides is 2. The van der Waals surface area contributed by atoms with Crippen molar-refractivity contribution < 1.29 is 9.59 Å². The van der Waals surface area contributed by atoms with Crippen molar-refractivity contribution in [2.45, 2.75) is 59.2 Å². The first-order valence-electron chi connectivity index (χ1n) is 7.80. The minimum atomic E-state index is -0.594. The number of carbonyl (C=O) groups is 2. The standard InChI is InChI=1S/C17H24Cl2N2O2/c1-5-7-16(22)21(12(4)17(23)20-11(2)3)10-13-14(18)8-6-9-15(13)19/h6,8-9,11-12H,5,7,10H2,1-4H3,(H,20,23). The summed E-state index contributed by atoms with van der Waals surface area (Å²) in [6.45, 7) is 7.62. The molecule has 0 aliphatic carbocycles. The van der Waals surface area contributed by atoms with E-state index in [9.17, 15) is 9.59 Å². The summed E-state index contributed by atoms with van der Waals surface area (Å²) in [5, 5.41) is 3.81. The Morgan fingerprint density at radius 1 is 1.17 bits per heavy atom. The average Bonchev–Trinajstić information content (AvgIpc) is 2.45. The highest BCUT2D eigenvalue weighted by molar-refractivity contribution is 6.36. The van der Waals surface area contributed by atoms with Crippen LogP contribution in [-0.4, -0.2) is 28.8 Å². The fourth-order valence-electron chi connectivity index (χ4n) is 2.20. The van der Waals surface area contributed by atoms with E-state index < -0.39 is 6.04 Å². The minimum absolute atomic E-state index is 0.0111. The van der Waals surface area contributed by atoms with E-state index in [4.69, 9.17) is 23.2 Å². The molecule has 0 bridgehead atoms. The zero-order valence-corrected chi connectivity index (χ0v) is 15.5. The number of benzene rings is 1. The number of nitrogens with zero attached hydrogens (tertiary/aromatic N) is 1. The number of rotatable bonds is 7. The molecule has 128 valence electrons. The third-order valence-electron chi connectivity index (χ3n) is 3.45. The van der Waals surface area contributed by atoms with Gasteiger partial charge in [0.1, 0.15) is 6.04 Å². The molecular formula is C17H24Cl2N2O2. The van der Waals surface area contributed by atoms with Crippen molar-refractivity contribution >= 4 is 35.0 Å². The molecule has 1 N–H and O–H groups in total. The molecule has 6 heteroatoms. The Morgan fingerprint density at radius 2 is 1.74 bits per heavy atom. The number of halogens is 2. The summed E-state index contributed by atoms with van der Waals surface area (Å²) in [7, 11) is 0. The van der Waals surface area contributed by atoms with Crippen LogP contribution < -0.4 is 5.32 Å². The fraction of sp³-hybridized carbons (Fsp3) is 0.529. The van der Waals surface area contributed by atoms with Crippen molar-refractivity contribution in [2.75, 3.05) is 0 Å². The molecule has 0 radical (unpaired) electrons. The molecule has 1 aromatic carbocycles. The lowest BCUT2D eigenvalue weighted by atomic mass is 10.1. The number of hydrogen-bond donors (Lipinski definition) is 1. The highest BCUT2D eigenvalue weighted by atomic mass is 35.5. The monoisotopic (exact) mass is 358 g/mol. The smallest absolute Gasteiger partial charge is 0.242 e. The molecule has 1 rings (SSSR count). The molecule has 23 heavy (non-hydrogen) atoms. The van der Waals surface area contributed by atoms with Crippen molar-refractivity contribution in [1.82, 2.24) is 10.2 Å². The quantitative estimate of drug-likeness (QED) is 0.799. The fourth-order valence-corrected chi connectivity index (χ4v) is 2.72. The van der Waals surface area contributed by atoms with Crippen LogP contribution in [0.2, 0.25) is 10.0 Å². The summed E-state index contributed by atoms with van der Waals surface area (Å²) in [6.07, 6.45) is 1.09. The van der Waals surface area contributed by atoms with Crippen molar-refractivity contribution in [2.24, 2.45) is 0 Å². The lowest BCUT2D eigenvalue weighted by Crippen LogP contribution is -2.49.